The molecule has 0 radical (unpaired) electrons. The number of amides is 1. The molecule has 0 spiro atoms. The van der Waals surface area contributed by atoms with Gasteiger partial charge in [-0.2, -0.15) is 0 Å². The number of phenolic OH excluding ortho intramolecular Hbond substituents is 1. The third-order valence-corrected chi connectivity index (χ3v) is 5.24. The van der Waals surface area contributed by atoms with Crippen LogP contribution in [0.25, 0.3) is 5.76 Å². The van der Waals surface area contributed by atoms with Gasteiger partial charge in [0.2, 0.25) is 0 Å². The number of hydrogen-bond donors (Lipinski definition) is 2. The smallest absolute Gasteiger partial charge is 0.300 e. The molecule has 1 amide bonds. The van der Waals surface area contributed by atoms with Gasteiger partial charge in [-0.3, -0.25) is 14.5 Å². The number of halogens is 1. The van der Waals surface area contributed by atoms with Crippen LogP contribution in [0.3, 0.4) is 0 Å². The van der Waals surface area contributed by atoms with Crippen LogP contribution in [-0.4, -0.2) is 28.0 Å². The van der Waals surface area contributed by atoms with E-state index < -0.39 is 23.5 Å². The predicted octanol–water partition coefficient (Wildman–Crippen LogP) is 4.94. The van der Waals surface area contributed by atoms with Crippen LogP contribution in [0, 0.1) is 5.82 Å². The number of rotatable bonds is 5. The number of carbonyl (C=O) groups is 2. The number of carbonyl (C=O) groups excluding carboxylic acids is 2. The van der Waals surface area contributed by atoms with Crippen LogP contribution in [0.1, 0.15) is 31.0 Å². The molecule has 0 aromatic heterocycles. The molecule has 4 rings (SSSR count). The van der Waals surface area contributed by atoms with Crippen molar-refractivity contribution in [1.29, 1.82) is 0 Å². The molecule has 7 heteroatoms. The zero-order valence-corrected chi connectivity index (χ0v) is 18.0. The van der Waals surface area contributed by atoms with Gasteiger partial charge < -0.3 is 14.9 Å². The van der Waals surface area contributed by atoms with E-state index in [-0.39, 0.29) is 23.2 Å². The third-order valence-electron chi connectivity index (χ3n) is 5.24. The number of aliphatic hydroxyl groups is 1. The number of Topliss-reactive ketones (excluding diaryl/α,β-unsaturated/α-hetero) is 1. The molecule has 1 aliphatic rings. The van der Waals surface area contributed by atoms with Crippen molar-refractivity contribution in [2.75, 3.05) is 4.90 Å². The molecule has 0 saturated carbocycles. The number of phenols is 1. The molecule has 1 aliphatic heterocycles. The van der Waals surface area contributed by atoms with Gasteiger partial charge in [-0.05, 0) is 67.9 Å². The van der Waals surface area contributed by atoms with E-state index in [1.807, 2.05) is 13.8 Å². The number of benzene rings is 3. The standard InChI is InChI=1S/C26H22FNO5/c1-15(2)33-21-5-3-4-17(14-21)24(30)22-23(16-6-12-20(29)13-7-16)28(26(32)25(22)31)19-10-8-18(27)9-11-19/h3-15,23,29-30H,1-2H3/b24-22-. The monoisotopic (exact) mass is 447 g/mol. The van der Waals surface area contributed by atoms with Gasteiger partial charge in [0.25, 0.3) is 11.7 Å². The summed E-state index contributed by atoms with van der Waals surface area (Å²) >= 11 is 0. The van der Waals surface area contributed by atoms with Gasteiger partial charge in [-0.25, -0.2) is 4.39 Å². The molecule has 2 N–H and O–H groups in total. The number of nitrogens with zero attached hydrogens (tertiary/aromatic N) is 1. The lowest BCUT2D eigenvalue weighted by molar-refractivity contribution is -0.132. The fraction of sp³-hybridized carbons (Fsp3) is 0.154. The van der Waals surface area contributed by atoms with Crippen molar-refractivity contribution in [1.82, 2.24) is 0 Å². The molecule has 168 valence electrons. The third kappa shape index (κ3) is 4.30. The first kappa shape index (κ1) is 22.1. The number of hydrogen-bond acceptors (Lipinski definition) is 5. The SMILES string of the molecule is CC(C)Oc1cccc(/C(O)=C2/C(=O)C(=O)N(c3ccc(F)cc3)C2c2ccc(O)cc2)c1. The average molecular weight is 447 g/mol. The predicted molar refractivity (Wildman–Crippen MR) is 121 cm³/mol. The zero-order chi connectivity index (χ0) is 23.7. The quantitative estimate of drug-likeness (QED) is 0.329. The summed E-state index contributed by atoms with van der Waals surface area (Å²) in [5, 5.41) is 20.9. The minimum atomic E-state index is -0.981. The summed E-state index contributed by atoms with van der Waals surface area (Å²) in [4.78, 5) is 27.4. The summed E-state index contributed by atoms with van der Waals surface area (Å²) < 4.78 is 19.2. The molecule has 3 aromatic carbocycles. The second kappa shape index (κ2) is 8.78. The van der Waals surface area contributed by atoms with E-state index in [9.17, 15) is 24.2 Å². The Morgan fingerprint density at radius 1 is 1.00 bits per heavy atom. The maximum atomic E-state index is 13.5. The maximum absolute atomic E-state index is 13.5. The molecule has 6 nitrogen and oxygen atoms in total. The highest BCUT2D eigenvalue weighted by molar-refractivity contribution is 6.51. The highest BCUT2D eigenvalue weighted by Crippen LogP contribution is 2.42. The summed E-state index contributed by atoms with van der Waals surface area (Å²) in [6, 6.07) is 16.8. The molecule has 3 aromatic rings. The van der Waals surface area contributed by atoms with Gasteiger partial charge in [0.15, 0.2) is 0 Å². The second-order valence-electron chi connectivity index (χ2n) is 7.93. The van der Waals surface area contributed by atoms with E-state index in [1.165, 1.54) is 41.3 Å². The summed E-state index contributed by atoms with van der Waals surface area (Å²) in [7, 11) is 0. The average Bonchev–Trinajstić information content (AvgIpc) is 3.05. The highest BCUT2D eigenvalue weighted by Gasteiger charge is 2.47. The molecule has 1 fully saturated rings. The maximum Gasteiger partial charge on any atom is 0.300 e. The van der Waals surface area contributed by atoms with Gasteiger partial charge in [0.05, 0.1) is 17.7 Å². The van der Waals surface area contributed by atoms with Crippen LogP contribution in [0.4, 0.5) is 10.1 Å². The van der Waals surface area contributed by atoms with Crippen molar-refractivity contribution in [2.24, 2.45) is 0 Å². The molecule has 1 unspecified atom stereocenters. The molecule has 33 heavy (non-hydrogen) atoms. The number of ether oxygens (including phenoxy) is 1. The zero-order valence-electron chi connectivity index (χ0n) is 18.0. The van der Waals surface area contributed by atoms with E-state index in [1.54, 1.807) is 36.4 Å². The highest BCUT2D eigenvalue weighted by atomic mass is 19.1. The van der Waals surface area contributed by atoms with Crippen LogP contribution in [-0.2, 0) is 9.59 Å². The van der Waals surface area contributed by atoms with Gasteiger partial charge in [-0.1, -0.05) is 24.3 Å². The van der Waals surface area contributed by atoms with Crippen molar-refractivity contribution >= 4 is 23.1 Å². The van der Waals surface area contributed by atoms with Gasteiger partial charge >= 0.3 is 0 Å². The van der Waals surface area contributed by atoms with E-state index >= 15 is 0 Å². The molecule has 1 saturated heterocycles. The minimum Gasteiger partial charge on any atom is -0.508 e. The lowest BCUT2D eigenvalue weighted by Crippen LogP contribution is -2.29. The lowest BCUT2D eigenvalue weighted by atomic mass is 9.95. The van der Waals surface area contributed by atoms with Crippen molar-refractivity contribution in [3.63, 3.8) is 0 Å². The molecular formula is C26H22FNO5. The summed E-state index contributed by atoms with van der Waals surface area (Å²) in [5.74, 6) is -2.05. The Kier molecular flexibility index (Phi) is 5.87. The largest absolute Gasteiger partial charge is 0.508 e. The van der Waals surface area contributed by atoms with Crippen LogP contribution < -0.4 is 9.64 Å². The van der Waals surface area contributed by atoms with Crippen molar-refractivity contribution in [3.05, 3.63) is 95.3 Å². The van der Waals surface area contributed by atoms with Crippen molar-refractivity contribution in [3.8, 4) is 11.5 Å². The van der Waals surface area contributed by atoms with Crippen molar-refractivity contribution < 1.29 is 28.9 Å². The number of ketones is 1. The Hall–Kier alpha value is -4.13. The first-order valence-electron chi connectivity index (χ1n) is 10.4. The molecule has 1 atom stereocenters. The minimum absolute atomic E-state index is 0.0102. The Morgan fingerprint density at radius 2 is 1.67 bits per heavy atom. The van der Waals surface area contributed by atoms with Crippen LogP contribution in [0.5, 0.6) is 11.5 Å². The Bertz CT molecular complexity index is 1230. The Morgan fingerprint density at radius 3 is 2.30 bits per heavy atom. The van der Waals surface area contributed by atoms with Crippen molar-refractivity contribution in [2.45, 2.75) is 26.0 Å². The Balaban J connectivity index is 1.90. The lowest BCUT2D eigenvalue weighted by Gasteiger charge is -2.25. The van der Waals surface area contributed by atoms with E-state index in [0.717, 1.165) is 0 Å². The molecule has 0 aliphatic carbocycles. The van der Waals surface area contributed by atoms with Crippen LogP contribution in [0.15, 0.2) is 78.4 Å². The first-order chi connectivity index (χ1) is 15.8. The molecule has 1 heterocycles. The molecular weight excluding hydrogens is 425 g/mol. The Labute approximate surface area is 190 Å². The van der Waals surface area contributed by atoms with E-state index in [4.69, 9.17) is 4.74 Å². The number of aliphatic hydroxyl groups excluding tert-OH is 1. The summed E-state index contributed by atoms with van der Waals surface area (Å²) in [6.07, 6.45) is -0.0940. The fourth-order valence-electron chi connectivity index (χ4n) is 3.82. The normalized spacial score (nSPS) is 17.6. The molecule has 0 bridgehead atoms. The first-order valence-corrected chi connectivity index (χ1v) is 10.4. The fourth-order valence-corrected chi connectivity index (χ4v) is 3.82. The van der Waals surface area contributed by atoms with Gasteiger partial charge in [0, 0.05) is 11.3 Å². The van der Waals surface area contributed by atoms with Crippen LogP contribution in [0.2, 0.25) is 0 Å². The summed E-state index contributed by atoms with van der Waals surface area (Å²) in [6.45, 7) is 3.73. The van der Waals surface area contributed by atoms with Crippen LogP contribution >= 0.6 is 0 Å². The topological polar surface area (TPSA) is 87.1 Å². The number of aromatic hydroxyl groups is 1. The summed E-state index contributed by atoms with van der Waals surface area (Å²) in [5.41, 5.74) is 0.991. The second-order valence-corrected chi connectivity index (χ2v) is 7.93. The van der Waals surface area contributed by atoms with Gasteiger partial charge in [0.1, 0.15) is 23.1 Å². The number of anilines is 1. The van der Waals surface area contributed by atoms with E-state index in [0.29, 0.717) is 22.6 Å². The van der Waals surface area contributed by atoms with Gasteiger partial charge in [-0.15, -0.1) is 0 Å². The van der Waals surface area contributed by atoms with E-state index in [2.05, 4.69) is 0 Å².